The number of likely N-dealkylation sites (N-methyl/N-ethyl adjacent to an activating group) is 1. The van der Waals surface area contributed by atoms with Gasteiger partial charge in [0.15, 0.2) is 6.61 Å². The van der Waals surface area contributed by atoms with Crippen LogP contribution in [0.1, 0.15) is 18.4 Å². The van der Waals surface area contributed by atoms with Gasteiger partial charge in [-0.15, -0.1) is 0 Å². The molecule has 3 rings (SSSR count). The van der Waals surface area contributed by atoms with Crippen molar-refractivity contribution < 1.29 is 19.0 Å². The van der Waals surface area contributed by atoms with Crippen molar-refractivity contribution in [2.45, 2.75) is 25.4 Å². The Morgan fingerprint density at radius 1 is 1.13 bits per heavy atom. The molecular weight excluding hydrogens is 448 g/mol. The highest BCUT2D eigenvalue weighted by molar-refractivity contribution is 9.10. The molecule has 30 heavy (non-hydrogen) atoms. The Balaban J connectivity index is 1.37. The third-order valence-corrected chi connectivity index (χ3v) is 5.63. The SMILES string of the molecule is CN(CCOc1cccc(CNC(=O)COc2ccc(Br)cc2)c1)C1CCOCC1. The predicted molar refractivity (Wildman–Crippen MR) is 120 cm³/mol. The van der Waals surface area contributed by atoms with Gasteiger partial charge in [-0.1, -0.05) is 28.1 Å². The van der Waals surface area contributed by atoms with Crippen LogP contribution in [-0.2, 0) is 16.1 Å². The Bertz CT molecular complexity index is 794. The van der Waals surface area contributed by atoms with Crippen LogP contribution in [0, 0.1) is 0 Å². The van der Waals surface area contributed by atoms with Crippen molar-refractivity contribution in [2.24, 2.45) is 0 Å². The molecule has 162 valence electrons. The quantitative estimate of drug-likeness (QED) is 0.567. The van der Waals surface area contributed by atoms with E-state index in [4.69, 9.17) is 14.2 Å². The minimum atomic E-state index is -0.165. The number of benzene rings is 2. The molecule has 1 N–H and O–H groups in total. The number of ether oxygens (including phenoxy) is 3. The lowest BCUT2D eigenvalue weighted by atomic mass is 10.1. The third-order valence-electron chi connectivity index (χ3n) is 5.10. The van der Waals surface area contributed by atoms with Gasteiger partial charge in [0.1, 0.15) is 18.1 Å². The molecule has 1 saturated heterocycles. The Morgan fingerprint density at radius 3 is 2.67 bits per heavy atom. The number of nitrogens with one attached hydrogen (secondary N) is 1. The molecule has 0 saturated carbocycles. The standard InChI is InChI=1S/C23H29BrN2O4/c1-26(20-9-12-28-13-10-20)11-14-29-22-4-2-3-18(15-22)16-25-23(27)17-30-21-7-5-19(24)6-8-21/h2-8,15,20H,9-14,16-17H2,1H3,(H,25,27). The summed E-state index contributed by atoms with van der Waals surface area (Å²) in [5.41, 5.74) is 0.988. The number of carbonyl (C=O) groups excluding carboxylic acids is 1. The van der Waals surface area contributed by atoms with E-state index < -0.39 is 0 Å². The van der Waals surface area contributed by atoms with Crippen LogP contribution < -0.4 is 14.8 Å². The minimum absolute atomic E-state index is 0.0175. The zero-order valence-corrected chi connectivity index (χ0v) is 18.9. The van der Waals surface area contributed by atoms with Crippen LogP contribution in [0.5, 0.6) is 11.5 Å². The van der Waals surface area contributed by atoms with Crippen molar-refractivity contribution in [2.75, 3.05) is 40.0 Å². The fourth-order valence-corrected chi connectivity index (χ4v) is 3.56. The number of halogens is 1. The number of nitrogens with zero attached hydrogens (tertiary/aromatic N) is 1. The van der Waals surface area contributed by atoms with Gasteiger partial charge < -0.3 is 19.5 Å². The molecule has 1 fully saturated rings. The number of amides is 1. The number of hydrogen-bond acceptors (Lipinski definition) is 5. The van der Waals surface area contributed by atoms with Crippen LogP contribution in [0.25, 0.3) is 0 Å². The van der Waals surface area contributed by atoms with Gasteiger partial charge in [0.25, 0.3) is 5.91 Å². The Morgan fingerprint density at radius 2 is 1.90 bits per heavy atom. The maximum atomic E-state index is 12.0. The molecule has 1 aliphatic rings. The third kappa shape index (κ3) is 7.63. The first-order valence-corrected chi connectivity index (χ1v) is 11.0. The van der Waals surface area contributed by atoms with E-state index in [1.165, 1.54) is 0 Å². The molecule has 0 unspecified atom stereocenters. The summed E-state index contributed by atoms with van der Waals surface area (Å²) < 4.78 is 17.8. The van der Waals surface area contributed by atoms with E-state index in [-0.39, 0.29) is 12.5 Å². The highest BCUT2D eigenvalue weighted by atomic mass is 79.9. The predicted octanol–water partition coefficient (Wildman–Crippen LogP) is 3.63. The molecule has 2 aromatic rings. The molecule has 0 bridgehead atoms. The van der Waals surface area contributed by atoms with E-state index in [1.54, 1.807) is 0 Å². The van der Waals surface area contributed by atoms with Gasteiger partial charge in [0, 0.05) is 36.8 Å². The second-order valence-electron chi connectivity index (χ2n) is 7.34. The summed E-state index contributed by atoms with van der Waals surface area (Å²) in [6, 6.07) is 15.8. The highest BCUT2D eigenvalue weighted by Crippen LogP contribution is 2.17. The largest absolute Gasteiger partial charge is 0.492 e. The van der Waals surface area contributed by atoms with Crippen LogP contribution in [0.3, 0.4) is 0 Å². The lowest BCUT2D eigenvalue weighted by molar-refractivity contribution is -0.123. The smallest absolute Gasteiger partial charge is 0.258 e. The summed E-state index contributed by atoms with van der Waals surface area (Å²) in [7, 11) is 2.14. The zero-order valence-electron chi connectivity index (χ0n) is 17.3. The molecule has 6 nitrogen and oxygen atoms in total. The van der Waals surface area contributed by atoms with Gasteiger partial charge in [-0.3, -0.25) is 9.69 Å². The first kappa shape index (κ1) is 22.6. The zero-order chi connectivity index (χ0) is 21.2. The van der Waals surface area contributed by atoms with Gasteiger partial charge in [0.05, 0.1) is 0 Å². The van der Waals surface area contributed by atoms with Crippen LogP contribution in [0.4, 0.5) is 0 Å². The average Bonchev–Trinajstić information content (AvgIpc) is 2.78. The summed E-state index contributed by atoms with van der Waals surface area (Å²) in [5.74, 6) is 1.31. The van der Waals surface area contributed by atoms with Crippen molar-refractivity contribution in [3.05, 3.63) is 58.6 Å². The summed E-state index contributed by atoms with van der Waals surface area (Å²) in [6.45, 7) is 3.61. The van der Waals surface area contributed by atoms with E-state index in [2.05, 4.69) is 33.2 Å². The van der Waals surface area contributed by atoms with Crippen molar-refractivity contribution >= 4 is 21.8 Å². The van der Waals surface area contributed by atoms with E-state index in [1.807, 2.05) is 48.5 Å². The minimum Gasteiger partial charge on any atom is -0.492 e. The van der Waals surface area contributed by atoms with E-state index in [9.17, 15) is 4.79 Å². The molecule has 2 aromatic carbocycles. The number of hydrogen-bond donors (Lipinski definition) is 1. The van der Waals surface area contributed by atoms with Gasteiger partial charge in [-0.25, -0.2) is 0 Å². The van der Waals surface area contributed by atoms with Gasteiger partial charge >= 0.3 is 0 Å². The second-order valence-corrected chi connectivity index (χ2v) is 8.26. The molecule has 1 amide bonds. The molecule has 0 aromatic heterocycles. The molecule has 0 atom stereocenters. The van der Waals surface area contributed by atoms with Gasteiger partial charge in [-0.2, -0.15) is 0 Å². The lowest BCUT2D eigenvalue weighted by Crippen LogP contribution is -2.38. The van der Waals surface area contributed by atoms with Gasteiger partial charge in [-0.05, 0) is 61.9 Å². The molecule has 1 aliphatic heterocycles. The van der Waals surface area contributed by atoms with Crippen LogP contribution >= 0.6 is 15.9 Å². The molecule has 1 heterocycles. The second kappa shape index (κ2) is 11.9. The number of rotatable bonds is 10. The van der Waals surface area contributed by atoms with E-state index >= 15 is 0 Å². The van der Waals surface area contributed by atoms with Crippen LogP contribution in [0.15, 0.2) is 53.0 Å². The van der Waals surface area contributed by atoms with Crippen molar-refractivity contribution in [1.82, 2.24) is 10.2 Å². The van der Waals surface area contributed by atoms with E-state index in [0.717, 1.165) is 48.4 Å². The fourth-order valence-electron chi connectivity index (χ4n) is 3.29. The molecular formula is C23H29BrN2O4. The summed E-state index contributed by atoms with van der Waals surface area (Å²) in [4.78, 5) is 14.4. The maximum absolute atomic E-state index is 12.0. The molecule has 7 heteroatoms. The van der Waals surface area contributed by atoms with Crippen LogP contribution in [-0.4, -0.2) is 56.9 Å². The highest BCUT2D eigenvalue weighted by Gasteiger charge is 2.17. The average molecular weight is 477 g/mol. The molecule has 0 radical (unpaired) electrons. The maximum Gasteiger partial charge on any atom is 0.258 e. The monoisotopic (exact) mass is 476 g/mol. The summed E-state index contributed by atoms with van der Waals surface area (Å²) in [6.07, 6.45) is 2.16. The summed E-state index contributed by atoms with van der Waals surface area (Å²) in [5, 5.41) is 2.88. The Labute approximate surface area is 186 Å². The molecule has 0 spiro atoms. The van der Waals surface area contributed by atoms with Gasteiger partial charge in [0.2, 0.25) is 0 Å². The molecule has 0 aliphatic carbocycles. The topological polar surface area (TPSA) is 60.0 Å². The normalized spacial score (nSPS) is 14.5. The fraction of sp³-hybridized carbons (Fsp3) is 0.435. The Hall–Kier alpha value is -2.09. The lowest BCUT2D eigenvalue weighted by Gasteiger charge is -2.31. The Kier molecular flexibility index (Phi) is 8.99. The van der Waals surface area contributed by atoms with Crippen LogP contribution in [0.2, 0.25) is 0 Å². The van der Waals surface area contributed by atoms with Crippen molar-refractivity contribution in [3.63, 3.8) is 0 Å². The first-order valence-electron chi connectivity index (χ1n) is 10.2. The van der Waals surface area contributed by atoms with Crippen molar-refractivity contribution in [3.8, 4) is 11.5 Å². The van der Waals surface area contributed by atoms with E-state index in [0.29, 0.717) is 24.9 Å². The number of carbonyl (C=O) groups is 1. The first-order chi connectivity index (χ1) is 14.6. The van der Waals surface area contributed by atoms with Crippen molar-refractivity contribution in [1.29, 1.82) is 0 Å². The summed E-state index contributed by atoms with van der Waals surface area (Å²) >= 11 is 3.37.